The summed E-state index contributed by atoms with van der Waals surface area (Å²) in [4.78, 5) is 31.1. The molecule has 3 fully saturated rings. The van der Waals surface area contributed by atoms with Gasteiger partial charge in [0.05, 0.1) is 29.8 Å². The molecule has 0 spiro atoms. The summed E-state index contributed by atoms with van der Waals surface area (Å²) in [5, 5.41) is 11.3. The molecule has 3 aliphatic heterocycles. The van der Waals surface area contributed by atoms with Crippen molar-refractivity contribution in [1.82, 2.24) is 34.9 Å². The van der Waals surface area contributed by atoms with Gasteiger partial charge in [-0.05, 0) is 61.6 Å². The molecule has 3 aromatic heterocycles. The molecule has 0 aliphatic carbocycles. The minimum atomic E-state index is -0.255. The van der Waals surface area contributed by atoms with Gasteiger partial charge in [-0.2, -0.15) is 5.10 Å². The Balaban J connectivity index is 1.19. The van der Waals surface area contributed by atoms with Crippen LogP contribution in [0.3, 0.4) is 0 Å². The largest absolute Gasteiger partial charge is 0.371 e. The Morgan fingerprint density at radius 3 is 2.49 bits per heavy atom. The van der Waals surface area contributed by atoms with E-state index < -0.39 is 0 Å². The van der Waals surface area contributed by atoms with Crippen molar-refractivity contribution in [2.24, 2.45) is 0 Å². The predicted molar refractivity (Wildman–Crippen MR) is 157 cm³/mol. The van der Waals surface area contributed by atoms with Crippen LogP contribution in [0.5, 0.6) is 0 Å². The molecule has 11 nitrogen and oxygen atoms in total. The zero-order chi connectivity index (χ0) is 27.8. The number of morpholine rings is 1. The lowest BCUT2D eigenvalue weighted by atomic mass is 10.0. The highest BCUT2D eigenvalue weighted by Gasteiger charge is 2.36. The second-order valence-corrected chi connectivity index (χ2v) is 11.2. The minimum absolute atomic E-state index is 0.247. The van der Waals surface area contributed by atoms with Gasteiger partial charge in [-0.1, -0.05) is 6.07 Å². The van der Waals surface area contributed by atoms with Crippen molar-refractivity contribution in [1.29, 1.82) is 0 Å². The molecule has 1 aromatic carbocycles. The number of hydrogen-bond donors (Lipinski definition) is 2. The first-order chi connectivity index (χ1) is 20.1. The number of aromatic nitrogens is 5. The smallest absolute Gasteiger partial charge is 0.318 e. The number of urea groups is 1. The van der Waals surface area contributed by atoms with Crippen LogP contribution in [0.4, 0.5) is 16.3 Å². The zero-order valence-electron chi connectivity index (χ0n) is 23.2. The average Bonchev–Trinajstić information content (AvgIpc) is 3.60. The maximum atomic E-state index is 11.8. The molecule has 212 valence electrons. The topological polar surface area (TPSA) is 113 Å². The summed E-state index contributed by atoms with van der Waals surface area (Å²) in [5.41, 5.74) is 3.73. The number of carbonyl (C=O) groups is 1. The number of nitrogens with zero attached hydrogens (tertiary/aromatic N) is 7. The van der Waals surface area contributed by atoms with E-state index >= 15 is 0 Å². The normalized spacial score (nSPS) is 21.3. The standard InChI is InChI=1S/C30H35N9O2/c1-31-30(40)34-22-6-4-21(5-7-22)27-35-28(38-18-24-8-9-25(19-38)41-24)26-16-33-39(29(26)36-27)23-10-13-37(14-11-23)17-20-3-2-12-32-15-20/h2-7,12,15-16,23-25H,8-11,13-14,17-19H2,1H3,(H2,31,34,40). The summed E-state index contributed by atoms with van der Waals surface area (Å²) in [7, 11) is 1.60. The average molecular weight is 554 g/mol. The number of benzene rings is 1. The Kier molecular flexibility index (Phi) is 6.97. The van der Waals surface area contributed by atoms with Crippen LogP contribution in [0, 0.1) is 0 Å². The number of hydrogen-bond acceptors (Lipinski definition) is 8. The molecule has 4 aromatic rings. The lowest BCUT2D eigenvalue weighted by Crippen LogP contribution is -2.43. The summed E-state index contributed by atoms with van der Waals surface area (Å²) >= 11 is 0. The molecule has 7 rings (SSSR count). The van der Waals surface area contributed by atoms with Crippen molar-refractivity contribution in [2.75, 3.05) is 43.4 Å². The molecule has 3 aliphatic rings. The SMILES string of the molecule is CNC(=O)Nc1ccc(-c2nc(N3CC4CCC(C3)O4)c3cnn(C4CCN(Cc5cccnc5)CC4)c3n2)cc1. The van der Waals surface area contributed by atoms with Crippen LogP contribution in [0.25, 0.3) is 22.4 Å². The van der Waals surface area contributed by atoms with Gasteiger partial charge in [0.1, 0.15) is 5.82 Å². The Hall–Kier alpha value is -4.09. The lowest BCUT2D eigenvalue weighted by molar-refractivity contribution is 0.0303. The van der Waals surface area contributed by atoms with Crippen molar-refractivity contribution in [3.05, 3.63) is 60.6 Å². The monoisotopic (exact) mass is 553 g/mol. The molecule has 41 heavy (non-hydrogen) atoms. The van der Waals surface area contributed by atoms with Gasteiger partial charge >= 0.3 is 6.03 Å². The van der Waals surface area contributed by atoms with Crippen LogP contribution in [0.2, 0.25) is 0 Å². The van der Waals surface area contributed by atoms with Gasteiger partial charge in [0.2, 0.25) is 0 Å². The molecule has 6 heterocycles. The fourth-order valence-electron chi connectivity index (χ4n) is 6.30. The van der Waals surface area contributed by atoms with Gasteiger partial charge in [-0.25, -0.2) is 19.4 Å². The van der Waals surface area contributed by atoms with E-state index in [-0.39, 0.29) is 24.3 Å². The van der Waals surface area contributed by atoms with E-state index in [9.17, 15) is 4.79 Å². The first kappa shape index (κ1) is 25.8. The van der Waals surface area contributed by atoms with Crippen molar-refractivity contribution in [3.63, 3.8) is 0 Å². The lowest BCUT2D eigenvalue weighted by Gasteiger charge is -2.33. The van der Waals surface area contributed by atoms with Gasteiger partial charge in [0.15, 0.2) is 11.5 Å². The molecule has 2 unspecified atom stereocenters. The Bertz CT molecular complexity index is 1500. The van der Waals surface area contributed by atoms with Gasteiger partial charge in [-0.3, -0.25) is 9.88 Å². The molecular weight excluding hydrogens is 518 g/mol. The predicted octanol–water partition coefficient (Wildman–Crippen LogP) is 3.84. The fourth-order valence-corrected chi connectivity index (χ4v) is 6.30. The van der Waals surface area contributed by atoms with E-state index in [1.165, 1.54) is 5.56 Å². The van der Waals surface area contributed by atoms with Gasteiger partial charge < -0.3 is 20.3 Å². The highest BCUT2D eigenvalue weighted by atomic mass is 16.5. The van der Waals surface area contributed by atoms with Gasteiger partial charge in [0.25, 0.3) is 0 Å². The Labute approximate surface area is 238 Å². The fraction of sp³-hybridized carbons (Fsp3) is 0.433. The number of rotatable bonds is 6. The highest BCUT2D eigenvalue weighted by molar-refractivity contribution is 5.90. The second-order valence-electron chi connectivity index (χ2n) is 11.2. The third-order valence-electron chi connectivity index (χ3n) is 8.44. The third kappa shape index (κ3) is 5.34. The van der Waals surface area contributed by atoms with Gasteiger partial charge in [-0.15, -0.1) is 0 Å². The minimum Gasteiger partial charge on any atom is -0.371 e. The number of likely N-dealkylation sites (tertiary alicyclic amines) is 1. The molecule has 0 radical (unpaired) electrons. The molecular formula is C30H35N9O2. The number of carbonyl (C=O) groups excluding carboxylic acids is 1. The van der Waals surface area contributed by atoms with E-state index in [1.807, 2.05) is 48.9 Å². The van der Waals surface area contributed by atoms with Crippen LogP contribution in [0.1, 0.15) is 37.3 Å². The molecule has 3 saturated heterocycles. The van der Waals surface area contributed by atoms with Crippen LogP contribution in [-0.4, -0.2) is 81.1 Å². The van der Waals surface area contributed by atoms with Crippen molar-refractivity contribution < 1.29 is 9.53 Å². The quantitative estimate of drug-likeness (QED) is 0.370. The first-order valence-electron chi connectivity index (χ1n) is 14.5. The third-order valence-corrected chi connectivity index (χ3v) is 8.44. The summed E-state index contributed by atoms with van der Waals surface area (Å²) in [6.07, 6.45) is 10.4. The molecule has 2 bridgehead atoms. The van der Waals surface area contributed by atoms with Crippen LogP contribution >= 0.6 is 0 Å². The van der Waals surface area contributed by atoms with Gasteiger partial charge in [0, 0.05) is 63.4 Å². The highest BCUT2D eigenvalue weighted by Crippen LogP contribution is 2.35. The number of pyridine rings is 1. The molecule has 2 atom stereocenters. The summed E-state index contributed by atoms with van der Waals surface area (Å²) in [6, 6.07) is 11.8. The maximum absolute atomic E-state index is 11.8. The van der Waals surface area contributed by atoms with Crippen LogP contribution < -0.4 is 15.5 Å². The summed E-state index contributed by atoms with van der Waals surface area (Å²) in [5.74, 6) is 1.59. The Morgan fingerprint density at radius 2 is 1.78 bits per heavy atom. The second kappa shape index (κ2) is 11.1. The van der Waals surface area contributed by atoms with Crippen LogP contribution in [0.15, 0.2) is 55.0 Å². The number of nitrogens with one attached hydrogen (secondary N) is 2. The molecule has 2 N–H and O–H groups in total. The van der Waals surface area contributed by atoms with E-state index in [2.05, 4.69) is 36.2 Å². The van der Waals surface area contributed by atoms with Crippen molar-refractivity contribution in [3.8, 4) is 11.4 Å². The van der Waals surface area contributed by atoms with E-state index in [1.54, 1.807) is 7.05 Å². The number of piperidine rings is 1. The number of amides is 2. The molecule has 11 heteroatoms. The van der Waals surface area contributed by atoms with Crippen LogP contribution in [-0.2, 0) is 11.3 Å². The van der Waals surface area contributed by atoms with E-state index in [0.717, 1.165) is 80.8 Å². The Morgan fingerprint density at radius 1 is 1.00 bits per heavy atom. The van der Waals surface area contributed by atoms with E-state index in [0.29, 0.717) is 11.5 Å². The van der Waals surface area contributed by atoms with Crippen molar-refractivity contribution in [2.45, 2.75) is 50.5 Å². The number of ether oxygens (including phenoxy) is 1. The van der Waals surface area contributed by atoms with Crippen molar-refractivity contribution >= 4 is 28.6 Å². The molecule has 2 amide bonds. The summed E-state index contributed by atoms with van der Waals surface area (Å²) < 4.78 is 8.26. The zero-order valence-corrected chi connectivity index (χ0v) is 23.2. The summed E-state index contributed by atoms with van der Waals surface area (Å²) in [6.45, 7) is 4.57. The maximum Gasteiger partial charge on any atom is 0.318 e. The number of anilines is 2. The van der Waals surface area contributed by atoms with E-state index in [4.69, 9.17) is 19.8 Å². The molecule has 0 saturated carbocycles. The number of fused-ring (bicyclic) bond motifs is 3. The first-order valence-corrected chi connectivity index (χ1v) is 14.5.